The number of rotatable bonds is 6. The molecule has 27 heavy (non-hydrogen) atoms. The first-order valence-electron chi connectivity index (χ1n) is 8.49. The van der Waals surface area contributed by atoms with Crippen molar-refractivity contribution in [1.82, 2.24) is 4.31 Å². The number of hydrogen-bond acceptors (Lipinski definition) is 6. The Balaban J connectivity index is 1.55. The van der Waals surface area contributed by atoms with Gasteiger partial charge in [0.25, 0.3) is 5.91 Å². The summed E-state index contributed by atoms with van der Waals surface area (Å²) in [5.74, 6) is -0.765. The number of hydrogen-bond donors (Lipinski definition) is 1. The first-order valence-corrected chi connectivity index (χ1v) is 9.93. The molecule has 2 heterocycles. The van der Waals surface area contributed by atoms with Crippen LogP contribution in [0.15, 0.2) is 45.9 Å². The maximum absolute atomic E-state index is 12.5. The van der Waals surface area contributed by atoms with Gasteiger partial charge in [-0.15, -0.1) is 0 Å². The van der Waals surface area contributed by atoms with Gasteiger partial charge in [-0.2, -0.15) is 4.31 Å². The Morgan fingerprint density at radius 1 is 1.15 bits per heavy atom. The Morgan fingerprint density at radius 2 is 1.81 bits per heavy atom. The van der Waals surface area contributed by atoms with E-state index in [-0.39, 0.29) is 10.5 Å². The van der Waals surface area contributed by atoms with Crippen LogP contribution in [0.5, 0.6) is 0 Å². The minimum absolute atomic E-state index is 0.184. The topological polar surface area (TPSA) is 106 Å². The van der Waals surface area contributed by atoms with Crippen molar-refractivity contribution in [1.29, 1.82) is 0 Å². The molecule has 1 amide bonds. The van der Waals surface area contributed by atoms with E-state index >= 15 is 0 Å². The lowest BCUT2D eigenvalue weighted by Crippen LogP contribution is -2.27. The van der Waals surface area contributed by atoms with Gasteiger partial charge in [-0.1, -0.05) is 0 Å². The molecule has 0 atom stereocenters. The number of aryl methyl sites for hydroxylation is 1. The van der Waals surface area contributed by atoms with Crippen molar-refractivity contribution >= 4 is 27.6 Å². The molecule has 0 unspecified atom stereocenters. The summed E-state index contributed by atoms with van der Waals surface area (Å²) in [5, 5.41) is 2.56. The number of ether oxygens (including phenoxy) is 1. The van der Waals surface area contributed by atoms with E-state index in [0.29, 0.717) is 24.5 Å². The van der Waals surface area contributed by atoms with Crippen molar-refractivity contribution in [2.45, 2.75) is 24.7 Å². The highest BCUT2D eigenvalue weighted by molar-refractivity contribution is 7.89. The zero-order chi connectivity index (χ0) is 19.4. The molecule has 1 N–H and O–H groups in total. The minimum atomic E-state index is -3.49. The fourth-order valence-corrected chi connectivity index (χ4v) is 4.31. The number of esters is 1. The number of nitrogens with zero attached hydrogens (tertiary/aromatic N) is 1. The molecular formula is C18H20N2O6S. The van der Waals surface area contributed by atoms with Crippen molar-refractivity contribution in [2.75, 3.05) is 25.0 Å². The summed E-state index contributed by atoms with van der Waals surface area (Å²) in [5.41, 5.74) is 0.676. The number of carbonyl (C=O) groups excluding carboxylic acids is 2. The maximum atomic E-state index is 12.5. The highest BCUT2D eigenvalue weighted by Crippen LogP contribution is 2.22. The monoisotopic (exact) mass is 392 g/mol. The van der Waals surface area contributed by atoms with Crippen LogP contribution in [0, 0.1) is 6.92 Å². The van der Waals surface area contributed by atoms with E-state index in [0.717, 1.165) is 12.8 Å². The molecule has 9 heteroatoms. The second kappa shape index (κ2) is 7.93. The molecule has 3 rings (SSSR count). The van der Waals surface area contributed by atoms with Gasteiger partial charge >= 0.3 is 5.97 Å². The van der Waals surface area contributed by atoms with Gasteiger partial charge in [-0.3, -0.25) is 4.79 Å². The Bertz CT molecular complexity index is 927. The summed E-state index contributed by atoms with van der Waals surface area (Å²) in [4.78, 5) is 23.9. The van der Waals surface area contributed by atoms with E-state index in [9.17, 15) is 18.0 Å². The molecular weight excluding hydrogens is 372 g/mol. The molecule has 1 saturated heterocycles. The summed E-state index contributed by atoms with van der Waals surface area (Å²) < 4.78 is 36.3. The molecule has 0 saturated carbocycles. The highest BCUT2D eigenvalue weighted by Gasteiger charge is 2.27. The van der Waals surface area contributed by atoms with Crippen LogP contribution >= 0.6 is 0 Å². The molecule has 2 aromatic rings. The number of furan rings is 1. The Hall–Kier alpha value is -2.65. The molecule has 1 fully saturated rings. The van der Waals surface area contributed by atoms with E-state index < -0.39 is 28.5 Å². The number of amides is 1. The van der Waals surface area contributed by atoms with Crippen molar-refractivity contribution in [3.63, 3.8) is 0 Å². The second-order valence-corrected chi connectivity index (χ2v) is 8.09. The molecule has 0 spiro atoms. The van der Waals surface area contributed by atoms with Crippen LogP contribution in [-0.4, -0.2) is 44.3 Å². The van der Waals surface area contributed by atoms with Crippen LogP contribution in [0.3, 0.4) is 0 Å². The molecule has 1 aliphatic rings. The Labute approximate surface area is 157 Å². The SMILES string of the molecule is Cc1occc1C(=O)OCC(=O)Nc1ccc(S(=O)(=O)N2CCCC2)cc1. The zero-order valence-corrected chi connectivity index (χ0v) is 15.6. The predicted molar refractivity (Wildman–Crippen MR) is 96.8 cm³/mol. The predicted octanol–water partition coefficient (Wildman–Crippen LogP) is 2.17. The Morgan fingerprint density at radius 3 is 2.41 bits per heavy atom. The van der Waals surface area contributed by atoms with E-state index in [1.807, 2.05) is 0 Å². The quantitative estimate of drug-likeness (QED) is 0.755. The lowest BCUT2D eigenvalue weighted by Gasteiger charge is -2.15. The molecule has 1 aromatic heterocycles. The first kappa shape index (κ1) is 19.1. The van der Waals surface area contributed by atoms with Crippen LogP contribution in [0.4, 0.5) is 5.69 Å². The molecule has 1 aromatic carbocycles. The smallest absolute Gasteiger partial charge is 0.342 e. The summed E-state index contributed by atoms with van der Waals surface area (Å²) >= 11 is 0. The standard InChI is InChI=1S/C18H20N2O6S/c1-13-16(8-11-25-13)18(22)26-12-17(21)19-14-4-6-15(7-5-14)27(23,24)20-9-2-3-10-20/h4-8,11H,2-3,9-10,12H2,1H3,(H,19,21). The molecule has 0 radical (unpaired) electrons. The average Bonchev–Trinajstić information content (AvgIpc) is 3.32. The summed E-state index contributed by atoms with van der Waals surface area (Å²) in [6, 6.07) is 7.37. The van der Waals surface area contributed by atoms with Gasteiger partial charge in [-0.05, 0) is 50.1 Å². The largest absolute Gasteiger partial charge is 0.469 e. The number of nitrogens with one attached hydrogen (secondary N) is 1. The number of carbonyl (C=O) groups is 2. The first-order chi connectivity index (χ1) is 12.9. The van der Waals surface area contributed by atoms with E-state index in [1.165, 1.54) is 40.9 Å². The molecule has 0 aliphatic carbocycles. The van der Waals surface area contributed by atoms with Gasteiger partial charge in [0, 0.05) is 18.8 Å². The van der Waals surface area contributed by atoms with Crippen LogP contribution in [0.25, 0.3) is 0 Å². The van der Waals surface area contributed by atoms with Crippen molar-refractivity contribution in [3.05, 3.63) is 47.9 Å². The fraction of sp³-hybridized carbons (Fsp3) is 0.333. The number of anilines is 1. The van der Waals surface area contributed by atoms with E-state index in [2.05, 4.69) is 5.32 Å². The van der Waals surface area contributed by atoms with Crippen molar-refractivity contribution < 1.29 is 27.2 Å². The van der Waals surface area contributed by atoms with Crippen molar-refractivity contribution in [3.8, 4) is 0 Å². The number of benzene rings is 1. The normalized spacial score (nSPS) is 14.9. The lowest BCUT2D eigenvalue weighted by molar-refractivity contribution is -0.119. The molecule has 144 valence electrons. The maximum Gasteiger partial charge on any atom is 0.342 e. The molecule has 8 nitrogen and oxygen atoms in total. The third-order valence-electron chi connectivity index (χ3n) is 4.25. The third-order valence-corrected chi connectivity index (χ3v) is 6.17. The highest BCUT2D eigenvalue weighted by atomic mass is 32.2. The Kier molecular flexibility index (Phi) is 5.62. The number of sulfonamides is 1. The third kappa shape index (κ3) is 4.37. The summed E-state index contributed by atoms with van der Waals surface area (Å²) in [6.07, 6.45) is 3.10. The van der Waals surface area contributed by atoms with Gasteiger partial charge in [0.05, 0.1) is 11.2 Å². The van der Waals surface area contributed by atoms with Gasteiger partial charge in [0.1, 0.15) is 11.3 Å². The van der Waals surface area contributed by atoms with Gasteiger partial charge < -0.3 is 14.5 Å². The van der Waals surface area contributed by atoms with Gasteiger partial charge in [0.2, 0.25) is 10.0 Å². The zero-order valence-electron chi connectivity index (χ0n) is 14.8. The van der Waals surface area contributed by atoms with E-state index in [4.69, 9.17) is 9.15 Å². The molecule has 0 bridgehead atoms. The van der Waals surface area contributed by atoms with Crippen LogP contribution in [0.2, 0.25) is 0 Å². The minimum Gasteiger partial charge on any atom is -0.469 e. The van der Waals surface area contributed by atoms with Gasteiger partial charge in [0.15, 0.2) is 6.61 Å². The van der Waals surface area contributed by atoms with Crippen LogP contribution in [0.1, 0.15) is 29.0 Å². The lowest BCUT2D eigenvalue weighted by atomic mass is 10.3. The second-order valence-electron chi connectivity index (χ2n) is 6.15. The van der Waals surface area contributed by atoms with Crippen molar-refractivity contribution in [2.24, 2.45) is 0 Å². The summed E-state index contributed by atoms with van der Waals surface area (Å²) in [6.45, 7) is 2.22. The van der Waals surface area contributed by atoms with Gasteiger partial charge in [-0.25, -0.2) is 13.2 Å². The fourth-order valence-electron chi connectivity index (χ4n) is 2.79. The van der Waals surface area contributed by atoms with Crippen LogP contribution in [-0.2, 0) is 19.6 Å². The van der Waals surface area contributed by atoms with Crippen LogP contribution < -0.4 is 5.32 Å². The summed E-state index contributed by atoms with van der Waals surface area (Å²) in [7, 11) is -3.49. The average molecular weight is 392 g/mol. The molecule has 1 aliphatic heterocycles. The van der Waals surface area contributed by atoms with E-state index in [1.54, 1.807) is 6.92 Å².